The quantitative estimate of drug-likeness (QED) is 0.394. The van der Waals surface area contributed by atoms with E-state index < -0.39 is 24.1 Å². The standard InChI is InChI=1S/C24H23ClFN5O2/c1-11(5-13-6-18(26)16-8-17(25)23(27)30-19(16)7-13)15-9-20(22(33)21(15)32)31-4-3-14-12(2)28-10-29-24(14)31/h3-4,6-11,20-22,32-33H,5H2,1-2H3,(H2,27,30)/t11?,20-,21-,22+/m1/s1. The summed E-state index contributed by atoms with van der Waals surface area (Å²) >= 11 is 5.98. The van der Waals surface area contributed by atoms with E-state index in [1.54, 1.807) is 6.07 Å². The second-order valence-electron chi connectivity index (χ2n) is 8.62. The normalized spacial score (nSPS) is 21.6. The Bertz CT molecular complexity index is 1420. The first-order valence-corrected chi connectivity index (χ1v) is 11.0. The van der Waals surface area contributed by atoms with Crippen molar-refractivity contribution in [1.29, 1.82) is 0 Å². The molecule has 0 radical (unpaired) electrons. The van der Waals surface area contributed by atoms with Crippen LogP contribution in [0.15, 0.2) is 48.4 Å². The molecule has 170 valence electrons. The van der Waals surface area contributed by atoms with Crippen molar-refractivity contribution in [3.63, 3.8) is 0 Å². The van der Waals surface area contributed by atoms with Gasteiger partial charge in [-0.25, -0.2) is 19.3 Å². The number of hydrogen-bond donors (Lipinski definition) is 3. The molecule has 4 N–H and O–H groups in total. The van der Waals surface area contributed by atoms with Gasteiger partial charge in [0, 0.05) is 17.0 Å². The lowest BCUT2D eigenvalue weighted by atomic mass is 9.91. The minimum Gasteiger partial charge on any atom is -0.388 e. The molecule has 1 aliphatic rings. The van der Waals surface area contributed by atoms with Crippen molar-refractivity contribution in [2.75, 3.05) is 5.73 Å². The summed E-state index contributed by atoms with van der Waals surface area (Å²) in [6.07, 6.45) is 3.60. The highest BCUT2D eigenvalue weighted by Crippen LogP contribution is 2.37. The summed E-state index contributed by atoms with van der Waals surface area (Å²) in [5.74, 6) is -0.442. The van der Waals surface area contributed by atoms with E-state index in [0.29, 0.717) is 34.1 Å². The van der Waals surface area contributed by atoms with Crippen LogP contribution >= 0.6 is 11.6 Å². The van der Waals surface area contributed by atoms with Crippen LogP contribution < -0.4 is 5.73 Å². The fourth-order valence-corrected chi connectivity index (χ4v) is 4.83. The number of aryl methyl sites for hydroxylation is 1. The highest BCUT2D eigenvalue weighted by atomic mass is 35.5. The maximum absolute atomic E-state index is 14.7. The summed E-state index contributed by atoms with van der Waals surface area (Å²) in [5, 5.41) is 23.0. The smallest absolute Gasteiger partial charge is 0.144 e. The predicted molar refractivity (Wildman–Crippen MR) is 125 cm³/mol. The van der Waals surface area contributed by atoms with Gasteiger partial charge in [0.05, 0.1) is 22.3 Å². The van der Waals surface area contributed by atoms with Crippen molar-refractivity contribution >= 4 is 39.4 Å². The number of nitrogens with zero attached hydrogens (tertiary/aromatic N) is 4. The molecule has 0 saturated carbocycles. The van der Waals surface area contributed by atoms with Crippen LogP contribution in [0.4, 0.5) is 10.2 Å². The minimum atomic E-state index is -1.04. The van der Waals surface area contributed by atoms with Gasteiger partial charge in [0.1, 0.15) is 35.8 Å². The van der Waals surface area contributed by atoms with E-state index in [9.17, 15) is 14.6 Å². The van der Waals surface area contributed by atoms with E-state index in [-0.39, 0.29) is 16.8 Å². The first-order chi connectivity index (χ1) is 15.7. The number of halogens is 2. The number of hydrogen-bond acceptors (Lipinski definition) is 6. The first kappa shape index (κ1) is 21.8. The Morgan fingerprint density at radius 1 is 1.21 bits per heavy atom. The lowest BCUT2D eigenvalue weighted by molar-refractivity contribution is 0.0293. The molecule has 4 aromatic rings. The fourth-order valence-electron chi connectivity index (χ4n) is 4.68. The fraction of sp³-hybridized carbons (Fsp3) is 0.292. The van der Waals surface area contributed by atoms with Crippen LogP contribution in [0.2, 0.25) is 5.02 Å². The number of aromatic nitrogens is 4. The number of nitrogens with two attached hydrogens (primary N) is 1. The van der Waals surface area contributed by atoms with Crippen LogP contribution in [0.3, 0.4) is 0 Å². The third-order valence-electron chi connectivity index (χ3n) is 6.44. The number of rotatable bonds is 4. The zero-order valence-electron chi connectivity index (χ0n) is 18.1. The van der Waals surface area contributed by atoms with Crippen molar-refractivity contribution in [3.8, 4) is 0 Å². The summed E-state index contributed by atoms with van der Waals surface area (Å²) in [4.78, 5) is 12.8. The molecule has 9 heteroatoms. The lowest BCUT2D eigenvalue weighted by Gasteiger charge is -2.21. The number of nitrogen functional groups attached to an aromatic ring is 1. The molecule has 1 aromatic carbocycles. The molecule has 0 saturated heterocycles. The second-order valence-corrected chi connectivity index (χ2v) is 9.02. The van der Waals surface area contributed by atoms with E-state index in [1.165, 1.54) is 18.5 Å². The highest BCUT2D eigenvalue weighted by Gasteiger charge is 2.38. The largest absolute Gasteiger partial charge is 0.388 e. The van der Waals surface area contributed by atoms with Crippen molar-refractivity contribution in [1.82, 2.24) is 19.5 Å². The predicted octanol–water partition coefficient (Wildman–Crippen LogP) is 3.74. The Hall–Kier alpha value is -3.07. The zero-order valence-corrected chi connectivity index (χ0v) is 18.8. The van der Waals surface area contributed by atoms with Crippen LogP contribution in [0.5, 0.6) is 0 Å². The number of aliphatic hydroxyl groups excluding tert-OH is 2. The molecule has 0 amide bonds. The minimum absolute atomic E-state index is 0.145. The van der Waals surface area contributed by atoms with E-state index >= 15 is 0 Å². The summed E-state index contributed by atoms with van der Waals surface area (Å²) in [6, 6.07) is 6.13. The van der Waals surface area contributed by atoms with Gasteiger partial charge in [-0.05, 0) is 54.7 Å². The van der Waals surface area contributed by atoms with Gasteiger partial charge in [-0.15, -0.1) is 0 Å². The van der Waals surface area contributed by atoms with E-state index in [0.717, 1.165) is 11.1 Å². The van der Waals surface area contributed by atoms with Gasteiger partial charge < -0.3 is 20.5 Å². The van der Waals surface area contributed by atoms with Crippen LogP contribution in [0.1, 0.15) is 24.2 Å². The molecular weight excluding hydrogens is 445 g/mol. The average Bonchev–Trinajstić information content (AvgIpc) is 3.32. The molecule has 4 atom stereocenters. The molecule has 1 aliphatic carbocycles. The van der Waals surface area contributed by atoms with Gasteiger partial charge >= 0.3 is 0 Å². The van der Waals surface area contributed by atoms with Gasteiger partial charge in [0.2, 0.25) is 0 Å². The Morgan fingerprint density at radius 3 is 2.79 bits per heavy atom. The topological polar surface area (TPSA) is 110 Å². The Kier molecular flexibility index (Phi) is 5.31. The molecule has 1 unspecified atom stereocenters. The number of aliphatic hydroxyl groups is 2. The molecule has 7 nitrogen and oxygen atoms in total. The van der Waals surface area contributed by atoms with Crippen molar-refractivity contribution in [2.45, 2.75) is 38.5 Å². The summed E-state index contributed by atoms with van der Waals surface area (Å²) < 4.78 is 16.5. The van der Waals surface area contributed by atoms with Crippen LogP contribution in [-0.4, -0.2) is 41.9 Å². The van der Waals surface area contributed by atoms with Gasteiger partial charge in [0.15, 0.2) is 0 Å². The van der Waals surface area contributed by atoms with Gasteiger partial charge in [0.25, 0.3) is 0 Å². The number of anilines is 1. The Morgan fingerprint density at radius 2 is 2.00 bits per heavy atom. The summed E-state index contributed by atoms with van der Waals surface area (Å²) in [6.45, 7) is 3.84. The monoisotopic (exact) mass is 467 g/mol. The zero-order chi connectivity index (χ0) is 23.4. The molecule has 5 rings (SSSR count). The highest BCUT2D eigenvalue weighted by molar-refractivity contribution is 6.33. The maximum Gasteiger partial charge on any atom is 0.144 e. The first-order valence-electron chi connectivity index (χ1n) is 10.6. The molecule has 3 heterocycles. The SMILES string of the molecule is Cc1ncnc2c1ccn2[C@@H]1C=C(C(C)Cc2cc(F)c3cc(Cl)c(N)nc3c2)[C@@H](O)[C@H]1O. The number of fused-ring (bicyclic) bond motifs is 2. The van der Waals surface area contributed by atoms with Crippen molar-refractivity contribution in [3.05, 3.63) is 70.5 Å². The second kappa shape index (κ2) is 8.06. The van der Waals surface area contributed by atoms with Gasteiger partial charge in [-0.3, -0.25) is 0 Å². The van der Waals surface area contributed by atoms with Crippen molar-refractivity contribution < 1.29 is 14.6 Å². The van der Waals surface area contributed by atoms with E-state index in [1.807, 2.05) is 36.8 Å². The molecular formula is C24H23ClFN5O2. The third-order valence-corrected chi connectivity index (χ3v) is 6.75. The summed E-state index contributed by atoms with van der Waals surface area (Å²) in [5.41, 5.74) is 9.16. The number of pyridine rings is 1. The Balaban J connectivity index is 1.46. The average molecular weight is 468 g/mol. The maximum atomic E-state index is 14.7. The van der Waals surface area contributed by atoms with Gasteiger partial charge in [-0.1, -0.05) is 24.6 Å². The third kappa shape index (κ3) is 3.64. The van der Waals surface area contributed by atoms with Crippen LogP contribution in [0.25, 0.3) is 21.9 Å². The lowest BCUT2D eigenvalue weighted by Crippen LogP contribution is -2.30. The molecule has 0 aliphatic heterocycles. The van der Waals surface area contributed by atoms with Crippen molar-refractivity contribution in [2.24, 2.45) is 5.92 Å². The van der Waals surface area contributed by atoms with E-state index in [4.69, 9.17) is 17.3 Å². The molecule has 0 fully saturated rings. The number of benzene rings is 1. The molecule has 0 spiro atoms. The Labute approximate surface area is 194 Å². The van der Waals surface area contributed by atoms with E-state index in [2.05, 4.69) is 15.0 Å². The van der Waals surface area contributed by atoms with Crippen LogP contribution in [-0.2, 0) is 6.42 Å². The molecule has 33 heavy (non-hydrogen) atoms. The molecule has 0 bridgehead atoms. The van der Waals surface area contributed by atoms with Crippen LogP contribution in [0, 0.1) is 18.7 Å². The summed E-state index contributed by atoms with van der Waals surface area (Å²) in [7, 11) is 0. The molecule has 3 aromatic heterocycles. The van der Waals surface area contributed by atoms with Gasteiger partial charge in [-0.2, -0.15) is 0 Å².